The summed E-state index contributed by atoms with van der Waals surface area (Å²) in [6.07, 6.45) is 2.12. The third-order valence-electron chi connectivity index (χ3n) is 3.08. The molecule has 5 nitrogen and oxygen atoms in total. The van der Waals surface area contributed by atoms with E-state index in [0.717, 1.165) is 18.2 Å². The van der Waals surface area contributed by atoms with Gasteiger partial charge in [-0.15, -0.1) is 0 Å². The summed E-state index contributed by atoms with van der Waals surface area (Å²) in [6, 6.07) is 7.21. The monoisotopic (exact) mass is 274 g/mol. The Hall–Kier alpha value is -2.30. The maximum Gasteiger partial charge on any atom is 0.362 e. The number of anilines is 2. The van der Waals surface area contributed by atoms with Gasteiger partial charge in [-0.2, -0.15) is 0 Å². The summed E-state index contributed by atoms with van der Waals surface area (Å²) >= 11 is 0. The number of benzene rings is 1. The number of amides is 1. The van der Waals surface area contributed by atoms with Crippen LogP contribution in [0.5, 0.6) is 0 Å². The molecule has 0 fully saturated rings. The molecule has 1 aromatic carbocycles. The Morgan fingerprint density at radius 2 is 2.00 bits per heavy atom. The Balaban J connectivity index is 2.44. The molecule has 0 aliphatic carbocycles. The predicted molar refractivity (Wildman–Crippen MR) is 80.2 cm³/mol. The van der Waals surface area contributed by atoms with Crippen LogP contribution >= 0.6 is 0 Å². The van der Waals surface area contributed by atoms with Gasteiger partial charge in [0, 0.05) is 18.9 Å². The summed E-state index contributed by atoms with van der Waals surface area (Å²) in [5, 5.41) is 6.38. The number of unbranched alkanes of at least 4 members (excludes halogenated alkanes) is 1. The second kappa shape index (κ2) is 6.23. The van der Waals surface area contributed by atoms with E-state index in [1.165, 1.54) is 0 Å². The second-order valence-corrected chi connectivity index (χ2v) is 4.54. The van der Waals surface area contributed by atoms with Gasteiger partial charge in [0.05, 0.1) is 5.69 Å². The molecule has 5 heteroatoms. The highest BCUT2D eigenvalue weighted by molar-refractivity contribution is 6.01. The van der Waals surface area contributed by atoms with Gasteiger partial charge in [-0.3, -0.25) is 4.79 Å². The number of hydrogen-bond donors (Lipinski definition) is 2. The lowest BCUT2D eigenvalue weighted by Crippen LogP contribution is -2.19. The highest BCUT2D eigenvalue weighted by Gasteiger charge is 2.15. The minimum atomic E-state index is -0.544. The Labute approximate surface area is 117 Å². The predicted octanol–water partition coefficient (Wildman–Crippen LogP) is 2.96. The van der Waals surface area contributed by atoms with Crippen molar-refractivity contribution in [3.8, 4) is 0 Å². The number of fused-ring (bicyclic) bond motifs is 1. The molecular weight excluding hydrogens is 256 g/mol. The maximum absolute atomic E-state index is 12.0. The number of hydrogen-bond acceptors (Lipinski definition) is 4. The van der Waals surface area contributed by atoms with Crippen molar-refractivity contribution in [1.82, 2.24) is 0 Å². The molecule has 0 aliphatic rings. The molecule has 0 radical (unpaired) electrons. The molecule has 1 heterocycles. The molecule has 0 bridgehead atoms. The molecule has 0 unspecified atom stereocenters. The first-order valence-corrected chi connectivity index (χ1v) is 6.70. The van der Waals surface area contributed by atoms with Gasteiger partial charge >= 0.3 is 5.63 Å². The van der Waals surface area contributed by atoms with Crippen molar-refractivity contribution < 1.29 is 9.21 Å². The minimum absolute atomic E-state index is 0.173. The van der Waals surface area contributed by atoms with Gasteiger partial charge in [0.2, 0.25) is 5.91 Å². The van der Waals surface area contributed by atoms with E-state index in [2.05, 4.69) is 10.6 Å². The van der Waals surface area contributed by atoms with Gasteiger partial charge in [0.1, 0.15) is 5.58 Å². The van der Waals surface area contributed by atoms with E-state index in [0.29, 0.717) is 17.7 Å². The Morgan fingerprint density at radius 1 is 1.25 bits per heavy atom. The standard InChI is InChI=1S/C15H18N2O3/c1-3-4-9-12(18)17-14-13(16-2)10-7-5-6-8-11(10)20-15(14)19/h5-8,16H,3-4,9H2,1-2H3,(H,17,18). The molecule has 0 saturated carbocycles. The van der Waals surface area contributed by atoms with E-state index in [9.17, 15) is 9.59 Å². The van der Waals surface area contributed by atoms with Crippen LogP contribution in [0.3, 0.4) is 0 Å². The second-order valence-electron chi connectivity index (χ2n) is 4.54. The van der Waals surface area contributed by atoms with Crippen LogP contribution in [0.25, 0.3) is 11.0 Å². The normalized spacial score (nSPS) is 10.5. The SMILES string of the molecule is CCCCC(=O)Nc1c(NC)c2ccccc2oc1=O. The van der Waals surface area contributed by atoms with Crippen LogP contribution in [-0.4, -0.2) is 13.0 Å². The fraction of sp³-hybridized carbons (Fsp3) is 0.333. The van der Waals surface area contributed by atoms with Crippen LogP contribution in [0.2, 0.25) is 0 Å². The fourth-order valence-corrected chi connectivity index (χ4v) is 2.06. The molecular formula is C15H18N2O3. The van der Waals surface area contributed by atoms with Crippen molar-refractivity contribution in [1.29, 1.82) is 0 Å². The zero-order chi connectivity index (χ0) is 14.5. The van der Waals surface area contributed by atoms with Crippen molar-refractivity contribution in [3.63, 3.8) is 0 Å². The van der Waals surface area contributed by atoms with E-state index < -0.39 is 5.63 Å². The first kappa shape index (κ1) is 14.1. The molecule has 2 aromatic rings. The quantitative estimate of drug-likeness (QED) is 0.822. The third-order valence-corrected chi connectivity index (χ3v) is 3.08. The summed E-state index contributed by atoms with van der Waals surface area (Å²) in [4.78, 5) is 23.8. The first-order valence-electron chi connectivity index (χ1n) is 6.70. The molecule has 0 spiro atoms. The van der Waals surface area contributed by atoms with E-state index >= 15 is 0 Å². The van der Waals surface area contributed by atoms with Crippen LogP contribution in [0.1, 0.15) is 26.2 Å². The Bertz CT molecular complexity index is 676. The Kier molecular flexibility index (Phi) is 4.40. The fourth-order valence-electron chi connectivity index (χ4n) is 2.06. The third kappa shape index (κ3) is 2.82. The number of para-hydroxylation sites is 1. The maximum atomic E-state index is 12.0. The number of rotatable bonds is 5. The average molecular weight is 274 g/mol. The highest BCUT2D eigenvalue weighted by atomic mass is 16.4. The van der Waals surface area contributed by atoms with Gasteiger partial charge in [-0.05, 0) is 18.6 Å². The molecule has 1 amide bonds. The van der Waals surface area contributed by atoms with Gasteiger partial charge in [-0.25, -0.2) is 4.79 Å². The smallest absolute Gasteiger partial charge is 0.362 e. The largest absolute Gasteiger partial charge is 0.421 e. The summed E-state index contributed by atoms with van der Waals surface area (Å²) in [5.74, 6) is -0.175. The molecule has 2 N–H and O–H groups in total. The van der Waals surface area contributed by atoms with Crippen molar-refractivity contribution in [2.75, 3.05) is 17.7 Å². The molecule has 2 rings (SSSR count). The lowest BCUT2D eigenvalue weighted by atomic mass is 10.1. The minimum Gasteiger partial charge on any atom is -0.421 e. The number of carbonyl (C=O) groups is 1. The summed E-state index contributed by atoms with van der Waals surface area (Å²) in [5.41, 5.74) is 0.709. The lowest BCUT2D eigenvalue weighted by Gasteiger charge is -2.11. The molecule has 0 atom stereocenters. The van der Waals surface area contributed by atoms with Crippen LogP contribution < -0.4 is 16.3 Å². The van der Waals surface area contributed by atoms with E-state index in [1.807, 2.05) is 19.1 Å². The molecule has 106 valence electrons. The molecule has 0 aliphatic heterocycles. The molecule has 1 aromatic heterocycles. The van der Waals surface area contributed by atoms with Crippen LogP contribution in [0.4, 0.5) is 11.4 Å². The number of nitrogens with one attached hydrogen (secondary N) is 2. The van der Waals surface area contributed by atoms with E-state index in [-0.39, 0.29) is 11.6 Å². The lowest BCUT2D eigenvalue weighted by molar-refractivity contribution is -0.116. The Morgan fingerprint density at radius 3 is 2.70 bits per heavy atom. The van der Waals surface area contributed by atoms with Crippen molar-refractivity contribution >= 4 is 28.3 Å². The van der Waals surface area contributed by atoms with Crippen molar-refractivity contribution in [2.24, 2.45) is 0 Å². The van der Waals surface area contributed by atoms with E-state index in [4.69, 9.17) is 4.42 Å². The topological polar surface area (TPSA) is 71.3 Å². The highest BCUT2D eigenvalue weighted by Crippen LogP contribution is 2.28. The van der Waals surface area contributed by atoms with Gasteiger partial charge in [0.15, 0.2) is 5.69 Å². The summed E-state index contributed by atoms with van der Waals surface area (Å²) in [7, 11) is 1.71. The summed E-state index contributed by atoms with van der Waals surface area (Å²) in [6.45, 7) is 2.01. The first-order chi connectivity index (χ1) is 9.67. The van der Waals surface area contributed by atoms with Crippen LogP contribution in [0, 0.1) is 0 Å². The van der Waals surface area contributed by atoms with Crippen molar-refractivity contribution in [2.45, 2.75) is 26.2 Å². The number of carbonyl (C=O) groups excluding carboxylic acids is 1. The molecule has 0 saturated heterocycles. The van der Waals surface area contributed by atoms with Gasteiger partial charge in [0.25, 0.3) is 0 Å². The zero-order valence-corrected chi connectivity index (χ0v) is 11.7. The van der Waals surface area contributed by atoms with Gasteiger partial charge in [-0.1, -0.05) is 25.5 Å². The zero-order valence-electron chi connectivity index (χ0n) is 11.7. The summed E-state index contributed by atoms with van der Waals surface area (Å²) < 4.78 is 5.23. The van der Waals surface area contributed by atoms with Crippen LogP contribution in [0.15, 0.2) is 33.5 Å². The molecule has 20 heavy (non-hydrogen) atoms. The average Bonchev–Trinajstić information content (AvgIpc) is 2.46. The van der Waals surface area contributed by atoms with Gasteiger partial charge < -0.3 is 15.1 Å². The van der Waals surface area contributed by atoms with E-state index in [1.54, 1.807) is 19.2 Å². The van der Waals surface area contributed by atoms with Crippen LogP contribution in [-0.2, 0) is 4.79 Å². The van der Waals surface area contributed by atoms with Crippen molar-refractivity contribution in [3.05, 3.63) is 34.7 Å².